The third kappa shape index (κ3) is 2.38. The van der Waals surface area contributed by atoms with Gasteiger partial charge in [-0.25, -0.2) is 14.8 Å². The fraction of sp³-hybridized carbons (Fsp3) is 0.111. The molecule has 0 atom stereocenters. The lowest BCUT2D eigenvalue weighted by atomic mass is 10.3. The quantitative estimate of drug-likeness (QED) is 0.508. The van der Waals surface area contributed by atoms with Crippen LogP contribution < -0.4 is 0 Å². The average molecular weight is 189 g/mol. The van der Waals surface area contributed by atoms with Crippen molar-refractivity contribution in [3.05, 3.63) is 29.9 Å². The van der Waals surface area contributed by atoms with Crippen LogP contribution in [0.1, 0.15) is 16.2 Å². The van der Waals surface area contributed by atoms with Gasteiger partial charge < -0.3 is 4.74 Å². The molecule has 0 aromatic carbocycles. The number of nitriles is 1. The minimum atomic E-state index is -0.583. The molecule has 0 spiro atoms. The predicted molar refractivity (Wildman–Crippen MR) is 48.0 cm³/mol. The molecule has 0 bridgehead atoms. The Morgan fingerprint density at radius 3 is 2.71 bits per heavy atom. The van der Waals surface area contributed by atoms with Crippen LogP contribution in [0.3, 0.4) is 0 Å². The molecule has 14 heavy (non-hydrogen) atoms. The Labute approximate surface area is 80.7 Å². The Bertz CT molecular complexity index is 390. The largest absolute Gasteiger partial charge is 0.463 e. The van der Waals surface area contributed by atoms with Gasteiger partial charge in [-0.05, 0) is 6.08 Å². The number of aromatic nitrogens is 2. The molecule has 5 heteroatoms. The number of ether oxygens (including phenoxy) is 1. The minimum Gasteiger partial charge on any atom is -0.463 e. The summed E-state index contributed by atoms with van der Waals surface area (Å²) in [5.41, 5.74) is 0.652. The SMILES string of the molecule is COC(=O)c1ncc(C=CC#N)cn1. The van der Waals surface area contributed by atoms with E-state index >= 15 is 0 Å². The van der Waals surface area contributed by atoms with Gasteiger partial charge in [0.05, 0.1) is 13.2 Å². The molecule has 0 aliphatic heterocycles. The molecule has 70 valence electrons. The number of allylic oxidation sites excluding steroid dienone is 1. The summed E-state index contributed by atoms with van der Waals surface area (Å²) >= 11 is 0. The summed E-state index contributed by atoms with van der Waals surface area (Å²) in [5, 5.41) is 8.26. The van der Waals surface area contributed by atoms with E-state index in [2.05, 4.69) is 14.7 Å². The van der Waals surface area contributed by atoms with Gasteiger partial charge in [0.15, 0.2) is 0 Å². The lowest BCUT2D eigenvalue weighted by molar-refractivity contribution is 0.0586. The van der Waals surface area contributed by atoms with Crippen LogP contribution in [0.4, 0.5) is 0 Å². The predicted octanol–water partition coefficient (Wildman–Crippen LogP) is 0.800. The molecule has 1 aromatic heterocycles. The number of carbonyl (C=O) groups excluding carboxylic acids is 1. The molecule has 0 saturated heterocycles. The van der Waals surface area contributed by atoms with E-state index in [1.165, 1.54) is 25.6 Å². The molecule has 1 aromatic rings. The molecule has 0 fully saturated rings. The fourth-order valence-corrected chi connectivity index (χ4v) is 0.754. The van der Waals surface area contributed by atoms with Crippen molar-refractivity contribution < 1.29 is 9.53 Å². The molecule has 0 aliphatic carbocycles. The lowest BCUT2D eigenvalue weighted by Crippen LogP contribution is -2.06. The zero-order valence-electron chi connectivity index (χ0n) is 7.47. The van der Waals surface area contributed by atoms with Crippen LogP contribution in [-0.2, 0) is 4.74 Å². The zero-order chi connectivity index (χ0) is 10.4. The van der Waals surface area contributed by atoms with Gasteiger partial charge in [-0.2, -0.15) is 5.26 Å². The van der Waals surface area contributed by atoms with E-state index < -0.39 is 5.97 Å². The molecular formula is C9H7N3O2. The van der Waals surface area contributed by atoms with Gasteiger partial charge in [0.2, 0.25) is 5.82 Å². The van der Waals surface area contributed by atoms with E-state index in [1.54, 1.807) is 6.08 Å². The van der Waals surface area contributed by atoms with E-state index in [9.17, 15) is 4.79 Å². The Hall–Kier alpha value is -2.22. The Morgan fingerprint density at radius 2 is 2.21 bits per heavy atom. The summed E-state index contributed by atoms with van der Waals surface area (Å²) in [4.78, 5) is 18.4. The van der Waals surface area contributed by atoms with Crippen molar-refractivity contribution in [3.8, 4) is 6.07 Å². The lowest BCUT2D eigenvalue weighted by Gasteiger charge is -1.96. The first-order valence-corrected chi connectivity index (χ1v) is 3.74. The molecule has 0 aliphatic rings. The Morgan fingerprint density at radius 1 is 1.57 bits per heavy atom. The van der Waals surface area contributed by atoms with Crippen molar-refractivity contribution in [1.82, 2.24) is 9.97 Å². The van der Waals surface area contributed by atoms with E-state index in [-0.39, 0.29) is 5.82 Å². The Balaban J connectivity index is 2.85. The van der Waals surface area contributed by atoms with Gasteiger partial charge in [-0.15, -0.1) is 0 Å². The molecule has 0 radical (unpaired) electrons. The second kappa shape index (κ2) is 4.72. The summed E-state index contributed by atoms with van der Waals surface area (Å²) in [7, 11) is 1.26. The highest BCUT2D eigenvalue weighted by Crippen LogP contribution is 1.99. The van der Waals surface area contributed by atoms with E-state index in [4.69, 9.17) is 5.26 Å². The van der Waals surface area contributed by atoms with Gasteiger partial charge in [0.25, 0.3) is 0 Å². The second-order valence-electron chi connectivity index (χ2n) is 2.29. The smallest absolute Gasteiger partial charge is 0.376 e. The number of rotatable bonds is 2. The number of hydrogen-bond donors (Lipinski definition) is 0. The number of esters is 1. The molecule has 1 rings (SSSR count). The topological polar surface area (TPSA) is 75.9 Å². The van der Waals surface area contributed by atoms with Crippen LogP contribution in [0.25, 0.3) is 6.08 Å². The highest BCUT2D eigenvalue weighted by molar-refractivity contribution is 5.84. The maximum Gasteiger partial charge on any atom is 0.376 e. The monoisotopic (exact) mass is 189 g/mol. The van der Waals surface area contributed by atoms with Crippen molar-refractivity contribution in [1.29, 1.82) is 5.26 Å². The third-order valence-electron chi connectivity index (χ3n) is 1.39. The van der Waals surface area contributed by atoms with Crippen LogP contribution >= 0.6 is 0 Å². The first-order valence-electron chi connectivity index (χ1n) is 3.74. The highest BCUT2D eigenvalue weighted by Gasteiger charge is 2.06. The van der Waals surface area contributed by atoms with Gasteiger partial charge in [-0.1, -0.05) is 0 Å². The molecule has 0 saturated carbocycles. The molecule has 0 unspecified atom stereocenters. The number of nitrogens with zero attached hydrogens (tertiary/aromatic N) is 3. The van der Waals surface area contributed by atoms with Gasteiger partial charge in [0.1, 0.15) is 0 Å². The summed E-state index contributed by atoms with van der Waals surface area (Å²) in [6, 6.07) is 1.84. The van der Waals surface area contributed by atoms with Crippen molar-refractivity contribution in [2.75, 3.05) is 7.11 Å². The summed E-state index contributed by atoms with van der Waals surface area (Å²) in [6.07, 6.45) is 5.72. The van der Waals surface area contributed by atoms with E-state index in [1.807, 2.05) is 6.07 Å². The number of methoxy groups -OCH3 is 1. The summed E-state index contributed by atoms with van der Waals surface area (Å²) in [5.74, 6) is -0.581. The van der Waals surface area contributed by atoms with Crippen LogP contribution in [0.2, 0.25) is 0 Å². The average Bonchev–Trinajstić information content (AvgIpc) is 2.26. The van der Waals surface area contributed by atoms with E-state index in [0.29, 0.717) is 5.56 Å². The molecular weight excluding hydrogens is 182 g/mol. The maximum atomic E-state index is 10.9. The van der Waals surface area contributed by atoms with E-state index in [0.717, 1.165) is 0 Å². The fourth-order valence-electron chi connectivity index (χ4n) is 0.754. The number of carbonyl (C=O) groups is 1. The van der Waals surface area contributed by atoms with Crippen molar-refractivity contribution in [2.45, 2.75) is 0 Å². The minimum absolute atomic E-state index is 0.00149. The number of hydrogen-bond acceptors (Lipinski definition) is 5. The van der Waals surface area contributed by atoms with Gasteiger partial charge in [-0.3, -0.25) is 0 Å². The van der Waals surface area contributed by atoms with Crippen molar-refractivity contribution in [2.24, 2.45) is 0 Å². The van der Waals surface area contributed by atoms with Crippen LogP contribution in [0.5, 0.6) is 0 Å². The van der Waals surface area contributed by atoms with Crippen LogP contribution in [0.15, 0.2) is 18.5 Å². The van der Waals surface area contributed by atoms with Crippen molar-refractivity contribution >= 4 is 12.0 Å². The highest BCUT2D eigenvalue weighted by atomic mass is 16.5. The summed E-state index contributed by atoms with van der Waals surface area (Å²) in [6.45, 7) is 0. The molecule has 1 heterocycles. The van der Waals surface area contributed by atoms with Crippen LogP contribution in [-0.4, -0.2) is 23.0 Å². The maximum absolute atomic E-state index is 10.9. The van der Waals surface area contributed by atoms with Gasteiger partial charge in [0, 0.05) is 24.0 Å². The zero-order valence-corrected chi connectivity index (χ0v) is 7.47. The third-order valence-corrected chi connectivity index (χ3v) is 1.39. The van der Waals surface area contributed by atoms with Crippen LogP contribution in [0, 0.1) is 11.3 Å². The first-order chi connectivity index (χ1) is 6.77. The van der Waals surface area contributed by atoms with Crippen molar-refractivity contribution in [3.63, 3.8) is 0 Å². The summed E-state index contributed by atoms with van der Waals surface area (Å²) < 4.78 is 4.42. The molecule has 0 amide bonds. The Kier molecular flexibility index (Phi) is 3.33. The standard InChI is InChI=1S/C9H7N3O2/c1-14-9(13)8-11-5-7(6-12-8)3-2-4-10/h2-3,5-6H,1H3. The molecule has 0 N–H and O–H groups in total. The normalized spacial score (nSPS) is 9.71. The first kappa shape index (κ1) is 9.86. The second-order valence-corrected chi connectivity index (χ2v) is 2.29. The van der Waals surface area contributed by atoms with Gasteiger partial charge >= 0.3 is 5.97 Å². The molecule has 5 nitrogen and oxygen atoms in total.